The number of aliphatic hydroxyl groups is 1. The fourth-order valence-corrected chi connectivity index (χ4v) is 8.03. The summed E-state index contributed by atoms with van der Waals surface area (Å²) in [6.45, 7) is 4.76. The molecule has 0 aromatic rings. The van der Waals surface area contributed by atoms with Crippen molar-refractivity contribution in [3.8, 4) is 0 Å². The van der Waals surface area contributed by atoms with Crippen LogP contribution in [-0.4, -0.2) is 30.3 Å². The smallest absolute Gasteiger partial charge is 0.309 e. The highest BCUT2D eigenvalue weighted by Crippen LogP contribution is 2.67. The zero-order valence-electron chi connectivity index (χ0n) is 16.0. The van der Waals surface area contributed by atoms with Gasteiger partial charge in [0.25, 0.3) is 0 Å². The van der Waals surface area contributed by atoms with Gasteiger partial charge in [0.2, 0.25) is 0 Å². The Morgan fingerprint density at radius 3 is 2.60 bits per heavy atom. The quantitative estimate of drug-likeness (QED) is 0.714. The fraction of sp³-hybridized carbons (Fsp3) is 0.952. The first-order chi connectivity index (χ1) is 11.8. The lowest BCUT2D eigenvalue weighted by molar-refractivity contribution is -0.159. The van der Waals surface area contributed by atoms with Gasteiger partial charge in [-0.05, 0) is 85.9 Å². The maximum Gasteiger partial charge on any atom is 0.309 e. The van der Waals surface area contributed by atoms with E-state index in [1.165, 1.54) is 20.0 Å². The van der Waals surface area contributed by atoms with E-state index in [0.717, 1.165) is 38.5 Å². The summed E-state index contributed by atoms with van der Waals surface area (Å²) in [5.74, 6) is 2.40. The number of ether oxygens (including phenoxy) is 1. The minimum atomic E-state index is -0.116. The summed E-state index contributed by atoms with van der Waals surface area (Å²) in [6.07, 6.45) is 8.37. The highest BCUT2D eigenvalue weighted by atomic mass is 16.5. The minimum Gasteiger partial charge on any atom is -0.469 e. The van der Waals surface area contributed by atoms with Gasteiger partial charge in [0.1, 0.15) is 0 Å². The Hall–Kier alpha value is -0.610. The van der Waals surface area contributed by atoms with Gasteiger partial charge in [-0.25, -0.2) is 0 Å². The van der Waals surface area contributed by atoms with Crippen molar-refractivity contribution in [2.24, 2.45) is 46.2 Å². The number of aliphatic hydroxyl groups excluding tert-OH is 1. The predicted molar refractivity (Wildman–Crippen MR) is 96.6 cm³/mol. The summed E-state index contributed by atoms with van der Waals surface area (Å²) in [5, 5.41) is 10.2. The lowest BCUT2D eigenvalue weighted by Gasteiger charge is -2.62. The van der Waals surface area contributed by atoms with E-state index in [2.05, 4.69) is 13.8 Å². The summed E-state index contributed by atoms with van der Waals surface area (Å²) in [6, 6.07) is 0.166. The molecule has 0 bridgehead atoms. The molecule has 0 aromatic heterocycles. The van der Waals surface area contributed by atoms with E-state index in [1.807, 2.05) is 0 Å². The molecule has 0 aliphatic heterocycles. The predicted octanol–water partition coefficient (Wildman–Crippen LogP) is 3.12. The molecule has 0 heterocycles. The number of methoxy groups -OCH3 is 1. The summed E-state index contributed by atoms with van der Waals surface area (Å²) >= 11 is 0. The van der Waals surface area contributed by atoms with Crippen LogP contribution < -0.4 is 5.73 Å². The number of nitrogens with two attached hydrogens (primary N) is 1. The number of hydrogen-bond donors (Lipinski definition) is 2. The average Bonchev–Trinajstić information content (AvgIpc) is 2.91. The van der Waals surface area contributed by atoms with Crippen molar-refractivity contribution in [2.45, 2.75) is 77.4 Å². The number of carbonyl (C=O) groups excluding carboxylic acids is 1. The monoisotopic (exact) mass is 349 g/mol. The molecular weight excluding hydrogens is 314 g/mol. The molecule has 0 radical (unpaired) electrons. The molecule has 4 saturated carbocycles. The Morgan fingerprint density at radius 1 is 1.12 bits per heavy atom. The van der Waals surface area contributed by atoms with Crippen LogP contribution in [0.25, 0.3) is 0 Å². The molecule has 9 atom stereocenters. The Labute approximate surface area is 151 Å². The lowest BCUT2D eigenvalue weighted by Crippen LogP contribution is -2.61. The van der Waals surface area contributed by atoms with Crippen molar-refractivity contribution in [1.29, 1.82) is 0 Å². The van der Waals surface area contributed by atoms with Gasteiger partial charge in [0, 0.05) is 6.04 Å². The molecule has 142 valence electrons. The molecule has 4 nitrogen and oxygen atoms in total. The van der Waals surface area contributed by atoms with Crippen molar-refractivity contribution in [2.75, 3.05) is 7.11 Å². The first kappa shape index (κ1) is 17.8. The second kappa shape index (κ2) is 5.95. The van der Waals surface area contributed by atoms with Crippen molar-refractivity contribution in [1.82, 2.24) is 0 Å². The zero-order chi connectivity index (χ0) is 18.0. The Balaban J connectivity index is 1.65. The summed E-state index contributed by atoms with van der Waals surface area (Å²) < 4.78 is 5.13. The molecule has 0 unspecified atom stereocenters. The van der Waals surface area contributed by atoms with Gasteiger partial charge in [0.05, 0.1) is 19.1 Å². The van der Waals surface area contributed by atoms with Crippen LogP contribution in [0.3, 0.4) is 0 Å². The van der Waals surface area contributed by atoms with E-state index in [9.17, 15) is 9.90 Å². The summed E-state index contributed by atoms with van der Waals surface area (Å²) in [5.41, 5.74) is 7.12. The standard InChI is InChI=1S/C21H35NO3/c1-20-9-8-13(23)10-12(20)4-5-14-15-6-7-16(19(24)25-3)21(15,2)11-17(22)18(14)20/h12-18,23H,4-11,22H2,1-3H3/t12-,13+,14-,15-,16+,17+,18+,20-,21-/m0/s1. The third-order valence-electron chi connectivity index (χ3n) is 9.13. The number of esters is 1. The fourth-order valence-electron chi connectivity index (χ4n) is 8.03. The van der Waals surface area contributed by atoms with Crippen molar-refractivity contribution in [3.05, 3.63) is 0 Å². The van der Waals surface area contributed by atoms with Gasteiger partial charge >= 0.3 is 5.97 Å². The number of fused-ring (bicyclic) bond motifs is 5. The van der Waals surface area contributed by atoms with Gasteiger partial charge in [-0.2, -0.15) is 0 Å². The second-order valence-electron chi connectivity index (χ2n) is 10.0. The number of rotatable bonds is 1. The molecule has 4 fully saturated rings. The van der Waals surface area contributed by atoms with Gasteiger partial charge in [-0.1, -0.05) is 13.8 Å². The van der Waals surface area contributed by atoms with E-state index < -0.39 is 0 Å². The third-order valence-corrected chi connectivity index (χ3v) is 9.13. The second-order valence-corrected chi connectivity index (χ2v) is 10.0. The van der Waals surface area contributed by atoms with Crippen LogP contribution in [0.15, 0.2) is 0 Å². The highest BCUT2D eigenvalue weighted by molar-refractivity contribution is 5.73. The van der Waals surface area contributed by atoms with Gasteiger partial charge in [0.15, 0.2) is 0 Å². The van der Waals surface area contributed by atoms with Crippen LogP contribution in [0.1, 0.15) is 65.2 Å². The SMILES string of the molecule is COC(=O)[C@H]1CC[C@H]2[C@@H]3CC[C@H]4C[C@H](O)CC[C@]4(C)[C@H]3[C@H](N)C[C@]12C. The largest absolute Gasteiger partial charge is 0.469 e. The molecule has 25 heavy (non-hydrogen) atoms. The maximum absolute atomic E-state index is 12.4. The topological polar surface area (TPSA) is 72.5 Å². The van der Waals surface area contributed by atoms with Crippen LogP contribution in [0.5, 0.6) is 0 Å². The Bertz CT molecular complexity index is 551. The van der Waals surface area contributed by atoms with Crippen molar-refractivity contribution < 1.29 is 14.6 Å². The van der Waals surface area contributed by atoms with Crippen LogP contribution >= 0.6 is 0 Å². The molecule has 0 amide bonds. The molecule has 0 aromatic carbocycles. The number of hydrogen-bond acceptors (Lipinski definition) is 4. The molecular formula is C21H35NO3. The van der Waals surface area contributed by atoms with E-state index in [0.29, 0.717) is 23.7 Å². The molecule has 4 aliphatic carbocycles. The van der Waals surface area contributed by atoms with E-state index in [4.69, 9.17) is 10.5 Å². The molecule has 0 spiro atoms. The van der Waals surface area contributed by atoms with Crippen LogP contribution in [0.2, 0.25) is 0 Å². The summed E-state index contributed by atoms with van der Waals surface area (Å²) in [4.78, 5) is 12.4. The average molecular weight is 350 g/mol. The number of carbonyl (C=O) groups is 1. The van der Waals surface area contributed by atoms with Crippen LogP contribution in [-0.2, 0) is 9.53 Å². The zero-order valence-corrected chi connectivity index (χ0v) is 16.0. The van der Waals surface area contributed by atoms with Gasteiger partial charge in [-0.15, -0.1) is 0 Å². The first-order valence-corrected chi connectivity index (χ1v) is 10.3. The molecule has 4 aliphatic rings. The minimum absolute atomic E-state index is 0.00501. The van der Waals surface area contributed by atoms with Crippen LogP contribution in [0, 0.1) is 40.4 Å². The first-order valence-electron chi connectivity index (χ1n) is 10.3. The van der Waals surface area contributed by atoms with E-state index in [1.54, 1.807) is 0 Å². The normalized spacial score (nSPS) is 55.0. The Morgan fingerprint density at radius 2 is 1.88 bits per heavy atom. The van der Waals surface area contributed by atoms with Gasteiger partial charge < -0.3 is 15.6 Å². The van der Waals surface area contributed by atoms with Crippen molar-refractivity contribution in [3.63, 3.8) is 0 Å². The van der Waals surface area contributed by atoms with Crippen molar-refractivity contribution >= 4 is 5.97 Å². The highest BCUT2D eigenvalue weighted by Gasteiger charge is 2.63. The lowest BCUT2D eigenvalue weighted by atomic mass is 9.43. The van der Waals surface area contributed by atoms with Gasteiger partial charge in [-0.3, -0.25) is 4.79 Å². The van der Waals surface area contributed by atoms with E-state index in [-0.39, 0.29) is 34.9 Å². The Kier molecular flexibility index (Phi) is 4.23. The third kappa shape index (κ3) is 2.43. The summed E-state index contributed by atoms with van der Waals surface area (Å²) in [7, 11) is 1.52. The maximum atomic E-state index is 12.4. The molecule has 0 saturated heterocycles. The van der Waals surface area contributed by atoms with Crippen LogP contribution in [0.4, 0.5) is 0 Å². The molecule has 3 N–H and O–H groups in total. The van der Waals surface area contributed by atoms with E-state index >= 15 is 0 Å². The molecule has 4 heteroatoms. The molecule has 4 rings (SSSR count).